The second-order valence-corrected chi connectivity index (χ2v) is 4.11. The first-order valence-electron chi connectivity index (χ1n) is 5.87. The van der Waals surface area contributed by atoms with Gasteiger partial charge in [0.2, 0.25) is 0 Å². The van der Waals surface area contributed by atoms with Gasteiger partial charge in [-0.3, -0.25) is 0 Å². The third kappa shape index (κ3) is 2.74. The second kappa shape index (κ2) is 5.32. The van der Waals surface area contributed by atoms with Crippen LogP contribution in [-0.4, -0.2) is 25.9 Å². The van der Waals surface area contributed by atoms with Crippen LogP contribution < -0.4 is 10.1 Å². The largest absolute Gasteiger partial charge is 0.494 e. The molecule has 1 heterocycles. The van der Waals surface area contributed by atoms with Gasteiger partial charge in [-0.2, -0.15) is 0 Å². The molecule has 1 N–H and O–H groups in total. The van der Waals surface area contributed by atoms with E-state index in [0.29, 0.717) is 18.8 Å². The van der Waals surface area contributed by atoms with Gasteiger partial charge in [0.25, 0.3) is 0 Å². The topological polar surface area (TPSA) is 30.5 Å². The quantitative estimate of drug-likeness (QED) is 0.848. The highest BCUT2D eigenvalue weighted by molar-refractivity contribution is 5.29. The molecule has 1 aromatic carbocycles. The summed E-state index contributed by atoms with van der Waals surface area (Å²) >= 11 is 0. The lowest BCUT2D eigenvalue weighted by Crippen LogP contribution is -2.39. The Kier molecular flexibility index (Phi) is 3.80. The van der Waals surface area contributed by atoms with E-state index in [9.17, 15) is 0 Å². The molecule has 0 saturated carbocycles. The molecule has 88 valence electrons. The van der Waals surface area contributed by atoms with Gasteiger partial charge >= 0.3 is 0 Å². The fraction of sp³-hybridized carbons (Fsp3) is 0.538. The predicted octanol–water partition coefficient (Wildman–Crippen LogP) is 2.13. The summed E-state index contributed by atoms with van der Waals surface area (Å²) in [5, 5.41) is 3.47. The average Bonchev–Trinajstić information content (AvgIpc) is 2.32. The van der Waals surface area contributed by atoms with Gasteiger partial charge in [-0.1, -0.05) is 12.1 Å². The summed E-state index contributed by atoms with van der Waals surface area (Å²) in [6.45, 7) is 6.45. The van der Waals surface area contributed by atoms with Crippen molar-refractivity contribution in [1.82, 2.24) is 5.32 Å². The van der Waals surface area contributed by atoms with E-state index in [1.807, 2.05) is 19.1 Å². The molecule has 2 rings (SSSR count). The van der Waals surface area contributed by atoms with E-state index in [0.717, 1.165) is 18.9 Å². The Hall–Kier alpha value is -1.06. The van der Waals surface area contributed by atoms with Crippen LogP contribution >= 0.6 is 0 Å². The summed E-state index contributed by atoms with van der Waals surface area (Å²) in [5.74, 6) is 0.927. The third-order valence-electron chi connectivity index (χ3n) is 2.79. The van der Waals surface area contributed by atoms with Crippen LogP contribution in [0.15, 0.2) is 24.3 Å². The molecule has 0 amide bonds. The van der Waals surface area contributed by atoms with Crippen molar-refractivity contribution in [1.29, 1.82) is 0 Å². The first kappa shape index (κ1) is 11.4. The summed E-state index contributed by atoms with van der Waals surface area (Å²) in [6.07, 6.45) is 0.318. The van der Waals surface area contributed by atoms with Gasteiger partial charge in [-0.15, -0.1) is 0 Å². The molecule has 0 bridgehead atoms. The Labute approximate surface area is 96.8 Å². The number of benzene rings is 1. The Bertz CT molecular complexity index is 315. The molecule has 1 fully saturated rings. The zero-order valence-corrected chi connectivity index (χ0v) is 9.90. The molecule has 3 heteroatoms. The van der Waals surface area contributed by atoms with E-state index >= 15 is 0 Å². The SMILES string of the molecule is CCOc1ccc(C2COC(C)CN2)cc1. The number of ether oxygens (including phenoxy) is 2. The van der Waals surface area contributed by atoms with E-state index < -0.39 is 0 Å². The van der Waals surface area contributed by atoms with Gasteiger partial charge in [0.15, 0.2) is 0 Å². The van der Waals surface area contributed by atoms with Crippen LogP contribution in [0.25, 0.3) is 0 Å². The fourth-order valence-corrected chi connectivity index (χ4v) is 1.86. The maximum atomic E-state index is 5.63. The zero-order valence-electron chi connectivity index (χ0n) is 9.90. The summed E-state index contributed by atoms with van der Waals surface area (Å²) < 4.78 is 11.0. The monoisotopic (exact) mass is 221 g/mol. The first-order valence-corrected chi connectivity index (χ1v) is 5.87. The number of morpholine rings is 1. The highest BCUT2D eigenvalue weighted by Crippen LogP contribution is 2.20. The molecular weight excluding hydrogens is 202 g/mol. The maximum Gasteiger partial charge on any atom is 0.119 e. The minimum Gasteiger partial charge on any atom is -0.494 e. The van der Waals surface area contributed by atoms with Crippen molar-refractivity contribution in [2.24, 2.45) is 0 Å². The van der Waals surface area contributed by atoms with Crippen LogP contribution in [0.1, 0.15) is 25.5 Å². The molecule has 0 aliphatic carbocycles. The maximum absolute atomic E-state index is 5.63. The van der Waals surface area contributed by atoms with E-state index in [2.05, 4.69) is 24.4 Å². The number of nitrogens with one attached hydrogen (secondary N) is 1. The lowest BCUT2D eigenvalue weighted by atomic mass is 10.1. The highest BCUT2D eigenvalue weighted by atomic mass is 16.5. The molecule has 2 unspecified atom stereocenters. The Morgan fingerprint density at radius 2 is 2.12 bits per heavy atom. The van der Waals surface area contributed by atoms with E-state index in [-0.39, 0.29) is 0 Å². The molecule has 1 saturated heterocycles. The van der Waals surface area contributed by atoms with Gasteiger partial charge in [-0.05, 0) is 31.5 Å². The van der Waals surface area contributed by atoms with Crippen molar-refractivity contribution < 1.29 is 9.47 Å². The molecular formula is C13H19NO2. The number of hydrogen-bond donors (Lipinski definition) is 1. The molecule has 0 aromatic heterocycles. The van der Waals surface area contributed by atoms with Crippen LogP contribution in [-0.2, 0) is 4.74 Å². The van der Waals surface area contributed by atoms with Crippen molar-refractivity contribution in [2.75, 3.05) is 19.8 Å². The van der Waals surface area contributed by atoms with Crippen molar-refractivity contribution >= 4 is 0 Å². The van der Waals surface area contributed by atoms with Crippen molar-refractivity contribution in [3.63, 3.8) is 0 Å². The third-order valence-corrected chi connectivity index (χ3v) is 2.79. The van der Waals surface area contributed by atoms with Crippen molar-refractivity contribution in [2.45, 2.75) is 26.0 Å². The molecule has 0 radical (unpaired) electrons. The zero-order chi connectivity index (χ0) is 11.4. The summed E-state index contributed by atoms with van der Waals surface area (Å²) in [6, 6.07) is 8.54. The summed E-state index contributed by atoms with van der Waals surface area (Å²) in [4.78, 5) is 0. The molecule has 2 atom stereocenters. The smallest absolute Gasteiger partial charge is 0.119 e. The molecule has 1 aliphatic heterocycles. The standard InChI is InChI=1S/C13H19NO2/c1-3-15-12-6-4-11(5-7-12)13-9-16-10(2)8-14-13/h4-7,10,13-14H,3,8-9H2,1-2H3. The van der Waals surface area contributed by atoms with Gasteiger partial charge in [-0.25, -0.2) is 0 Å². The summed E-state index contributed by atoms with van der Waals surface area (Å²) in [5.41, 5.74) is 1.26. The van der Waals surface area contributed by atoms with E-state index in [1.54, 1.807) is 0 Å². The van der Waals surface area contributed by atoms with Crippen LogP contribution in [0.3, 0.4) is 0 Å². The van der Waals surface area contributed by atoms with Crippen molar-refractivity contribution in [3.8, 4) is 5.75 Å². The van der Waals surface area contributed by atoms with Gasteiger partial charge < -0.3 is 14.8 Å². The minimum absolute atomic E-state index is 0.312. The Morgan fingerprint density at radius 1 is 1.38 bits per heavy atom. The summed E-state index contributed by atoms with van der Waals surface area (Å²) in [7, 11) is 0. The van der Waals surface area contributed by atoms with Gasteiger partial charge in [0, 0.05) is 6.54 Å². The molecule has 3 nitrogen and oxygen atoms in total. The van der Waals surface area contributed by atoms with Gasteiger partial charge in [0.1, 0.15) is 5.75 Å². The fourth-order valence-electron chi connectivity index (χ4n) is 1.86. The van der Waals surface area contributed by atoms with Crippen LogP contribution in [0.2, 0.25) is 0 Å². The van der Waals surface area contributed by atoms with Crippen LogP contribution in [0.5, 0.6) is 5.75 Å². The van der Waals surface area contributed by atoms with E-state index in [4.69, 9.17) is 9.47 Å². The normalized spacial score (nSPS) is 25.4. The van der Waals surface area contributed by atoms with Crippen LogP contribution in [0.4, 0.5) is 0 Å². The number of hydrogen-bond acceptors (Lipinski definition) is 3. The lowest BCUT2D eigenvalue weighted by molar-refractivity contribution is 0.0149. The number of rotatable bonds is 3. The first-order chi connectivity index (χ1) is 7.79. The molecule has 0 spiro atoms. The Balaban J connectivity index is 1.98. The molecule has 1 aromatic rings. The van der Waals surface area contributed by atoms with Crippen LogP contribution in [0, 0.1) is 0 Å². The van der Waals surface area contributed by atoms with E-state index in [1.165, 1.54) is 5.56 Å². The second-order valence-electron chi connectivity index (χ2n) is 4.11. The highest BCUT2D eigenvalue weighted by Gasteiger charge is 2.18. The molecule has 16 heavy (non-hydrogen) atoms. The average molecular weight is 221 g/mol. The lowest BCUT2D eigenvalue weighted by Gasteiger charge is -2.28. The van der Waals surface area contributed by atoms with Gasteiger partial charge in [0.05, 0.1) is 25.4 Å². The minimum atomic E-state index is 0.312. The molecule has 1 aliphatic rings. The predicted molar refractivity (Wildman–Crippen MR) is 63.8 cm³/mol. The Morgan fingerprint density at radius 3 is 2.69 bits per heavy atom. The van der Waals surface area contributed by atoms with Crippen molar-refractivity contribution in [3.05, 3.63) is 29.8 Å².